The smallest absolute Gasteiger partial charge is 0.0470 e. The van der Waals surface area contributed by atoms with Crippen molar-refractivity contribution in [1.29, 1.82) is 0 Å². The Morgan fingerprint density at radius 2 is 1.77 bits per heavy atom. The van der Waals surface area contributed by atoms with Crippen LogP contribution in [0.1, 0.15) is 84.7 Å². The SMILES string of the molecule is Cc1c(C2CC2)ncc2c3c(cc(C4CCCC4)c12)CCC3. The summed E-state index contributed by atoms with van der Waals surface area (Å²) in [6.45, 7) is 2.35. The first-order valence-corrected chi connectivity index (χ1v) is 9.27. The van der Waals surface area contributed by atoms with E-state index in [1.807, 2.05) is 0 Å². The highest BCUT2D eigenvalue weighted by atomic mass is 14.7. The highest BCUT2D eigenvalue weighted by molar-refractivity contribution is 5.93. The lowest BCUT2D eigenvalue weighted by Crippen LogP contribution is -2.02. The Balaban J connectivity index is 1.81. The molecule has 3 aliphatic carbocycles. The van der Waals surface area contributed by atoms with Crippen LogP contribution in [0.15, 0.2) is 12.3 Å². The number of nitrogens with zero attached hydrogens (tertiary/aromatic N) is 1. The second-order valence-electron chi connectivity index (χ2n) is 7.77. The minimum Gasteiger partial charge on any atom is -0.260 e. The van der Waals surface area contributed by atoms with Gasteiger partial charge >= 0.3 is 0 Å². The fourth-order valence-electron chi connectivity index (χ4n) is 5.05. The summed E-state index contributed by atoms with van der Waals surface area (Å²) < 4.78 is 0. The van der Waals surface area contributed by atoms with Gasteiger partial charge in [0.15, 0.2) is 0 Å². The molecule has 2 fully saturated rings. The van der Waals surface area contributed by atoms with Crippen molar-refractivity contribution < 1.29 is 0 Å². The average molecular weight is 291 g/mol. The standard InChI is InChI=1S/C21H25N/c1-13-20-18(14-5-2-3-6-14)11-16-7-4-8-17(16)19(20)12-22-21(13)15-9-10-15/h11-12,14-15H,2-10H2,1H3. The van der Waals surface area contributed by atoms with Gasteiger partial charge in [-0.25, -0.2) is 0 Å². The Morgan fingerprint density at radius 3 is 2.55 bits per heavy atom. The van der Waals surface area contributed by atoms with Gasteiger partial charge in [-0.3, -0.25) is 4.98 Å². The van der Waals surface area contributed by atoms with E-state index in [2.05, 4.69) is 19.2 Å². The quantitative estimate of drug-likeness (QED) is 0.705. The van der Waals surface area contributed by atoms with Gasteiger partial charge < -0.3 is 0 Å². The van der Waals surface area contributed by atoms with Crippen molar-refractivity contribution in [3.63, 3.8) is 0 Å². The van der Waals surface area contributed by atoms with Crippen LogP contribution in [0, 0.1) is 6.92 Å². The van der Waals surface area contributed by atoms with Crippen LogP contribution in [0.5, 0.6) is 0 Å². The molecule has 3 aliphatic rings. The van der Waals surface area contributed by atoms with E-state index in [0.29, 0.717) is 0 Å². The third-order valence-corrected chi connectivity index (χ3v) is 6.32. The van der Waals surface area contributed by atoms with Gasteiger partial charge in [0, 0.05) is 23.2 Å². The fourth-order valence-corrected chi connectivity index (χ4v) is 5.05. The summed E-state index contributed by atoms with van der Waals surface area (Å²) >= 11 is 0. The van der Waals surface area contributed by atoms with Crippen molar-refractivity contribution in [3.05, 3.63) is 40.2 Å². The maximum atomic E-state index is 4.91. The van der Waals surface area contributed by atoms with E-state index in [1.54, 1.807) is 22.1 Å². The number of aromatic nitrogens is 1. The van der Waals surface area contributed by atoms with Crippen molar-refractivity contribution in [3.8, 4) is 0 Å². The lowest BCUT2D eigenvalue weighted by molar-refractivity contribution is 0.727. The van der Waals surface area contributed by atoms with E-state index in [1.165, 1.54) is 74.4 Å². The van der Waals surface area contributed by atoms with Gasteiger partial charge in [-0.2, -0.15) is 0 Å². The lowest BCUT2D eigenvalue weighted by atomic mass is 9.86. The maximum Gasteiger partial charge on any atom is 0.0470 e. The van der Waals surface area contributed by atoms with Crippen LogP contribution >= 0.6 is 0 Å². The molecule has 0 aliphatic heterocycles. The predicted octanol–water partition coefficient (Wildman–Crippen LogP) is 5.57. The van der Waals surface area contributed by atoms with Crippen LogP contribution in [-0.4, -0.2) is 4.98 Å². The number of hydrogen-bond acceptors (Lipinski definition) is 1. The molecule has 0 bridgehead atoms. The number of fused-ring (bicyclic) bond motifs is 3. The Labute approximate surface area is 133 Å². The first-order chi connectivity index (χ1) is 10.8. The number of pyridine rings is 1. The molecule has 0 radical (unpaired) electrons. The van der Waals surface area contributed by atoms with Gasteiger partial charge in [0.05, 0.1) is 0 Å². The van der Waals surface area contributed by atoms with Crippen LogP contribution in [0.2, 0.25) is 0 Å². The average Bonchev–Trinajstić information content (AvgIpc) is 3.03. The number of rotatable bonds is 2. The summed E-state index contributed by atoms with van der Waals surface area (Å²) in [7, 11) is 0. The largest absolute Gasteiger partial charge is 0.260 e. The molecular weight excluding hydrogens is 266 g/mol. The summed E-state index contributed by atoms with van der Waals surface area (Å²) in [6, 6.07) is 2.60. The number of hydrogen-bond donors (Lipinski definition) is 0. The first kappa shape index (κ1) is 13.1. The third-order valence-electron chi connectivity index (χ3n) is 6.32. The Morgan fingerprint density at radius 1 is 0.955 bits per heavy atom. The molecule has 0 N–H and O–H groups in total. The molecule has 2 aromatic rings. The second kappa shape index (κ2) is 4.81. The topological polar surface area (TPSA) is 12.9 Å². The predicted molar refractivity (Wildman–Crippen MR) is 91.7 cm³/mol. The van der Waals surface area contributed by atoms with Crippen LogP contribution in [0.3, 0.4) is 0 Å². The first-order valence-electron chi connectivity index (χ1n) is 9.27. The van der Waals surface area contributed by atoms with Crippen LogP contribution < -0.4 is 0 Å². The van der Waals surface area contributed by atoms with Gasteiger partial charge in [-0.05, 0) is 85.4 Å². The molecule has 22 heavy (non-hydrogen) atoms. The van der Waals surface area contributed by atoms with Crippen molar-refractivity contribution >= 4 is 10.8 Å². The van der Waals surface area contributed by atoms with Crippen molar-refractivity contribution in [1.82, 2.24) is 4.98 Å². The molecule has 0 atom stereocenters. The highest BCUT2D eigenvalue weighted by Crippen LogP contribution is 2.46. The Bertz CT molecular complexity index is 748. The molecule has 1 heterocycles. The molecule has 0 unspecified atom stereocenters. The van der Waals surface area contributed by atoms with Crippen molar-refractivity contribution in [2.75, 3.05) is 0 Å². The van der Waals surface area contributed by atoms with Crippen molar-refractivity contribution in [2.24, 2.45) is 0 Å². The van der Waals surface area contributed by atoms with Gasteiger partial charge in [0.2, 0.25) is 0 Å². The zero-order chi connectivity index (χ0) is 14.7. The normalized spacial score (nSPS) is 21.7. The van der Waals surface area contributed by atoms with Crippen LogP contribution in [-0.2, 0) is 12.8 Å². The molecule has 5 rings (SSSR count). The van der Waals surface area contributed by atoms with E-state index >= 15 is 0 Å². The van der Waals surface area contributed by atoms with E-state index in [9.17, 15) is 0 Å². The van der Waals surface area contributed by atoms with E-state index in [4.69, 9.17) is 4.98 Å². The molecule has 2 saturated carbocycles. The molecule has 0 spiro atoms. The molecule has 114 valence electrons. The number of benzene rings is 1. The Kier molecular flexibility index (Phi) is 2.87. The van der Waals surface area contributed by atoms with Gasteiger partial charge in [0.25, 0.3) is 0 Å². The molecule has 0 saturated heterocycles. The van der Waals surface area contributed by atoms with Gasteiger partial charge in [-0.1, -0.05) is 18.9 Å². The zero-order valence-electron chi connectivity index (χ0n) is 13.6. The van der Waals surface area contributed by atoms with Crippen molar-refractivity contribution in [2.45, 2.75) is 76.5 Å². The lowest BCUT2D eigenvalue weighted by Gasteiger charge is -2.20. The number of aryl methyl sites for hydroxylation is 3. The minimum atomic E-state index is 0.758. The van der Waals surface area contributed by atoms with Crippen LogP contribution in [0.4, 0.5) is 0 Å². The second-order valence-corrected chi connectivity index (χ2v) is 7.77. The third kappa shape index (κ3) is 1.87. The summed E-state index contributed by atoms with van der Waals surface area (Å²) in [5, 5.41) is 3.10. The highest BCUT2D eigenvalue weighted by Gasteiger charge is 2.30. The minimum absolute atomic E-state index is 0.758. The Hall–Kier alpha value is -1.37. The molecular formula is C21H25N. The van der Waals surface area contributed by atoms with E-state index in [0.717, 1.165) is 11.8 Å². The molecule has 1 nitrogen and oxygen atoms in total. The van der Waals surface area contributed by atoms with Gasteiger partial charge in [-0.15, -0.1) is 0 Å². The monoisotopic (exact) mass is 291 g/mol. The summed E-state index contributed by atoms with van der Waals surface area (Å²) in [5.74, 6) is 1.57. The molecule has 1 aromatic heterocycles. The van der Waals surface area contributed by atoms with E-state index < -0.39 is 0 Å². The maximum absolute atomic E-state index is 4.91. The summed E-state index contributed by atoms with van der Waals surface area (Å²) in [6.07, 6.45) is 14.5. The fraction of sp³-hybridized carbons (Fsp3) is 0.571. The molecule has 1 aromatic carbocycles. The summed E-state index contributed by atoms with van der Waals surface area (Å²) in [5.41, 5.74) is 7.85. The van der Waals surface area contributed by atoms with E-state index in [-0.39, 0.29) is 0 Å². The summed E-state index contributed by atoms with van der Waals surface area (Å²) in [4.78, 5) is 4.91. The molecule has 1 heteroatoms. The zero-order valence-corrected chi connectivity index (χ0v) is 13.6. The van der Waals surface area contributed by atoms with Crippen LogP contribution in [0.25, 0.3) is 10.8 Å². The van der Waals surface area contributed by atoms with Gasteiger partial charge in [0.1, 0.15) is 0 Å². The molecule has 0 amide bonds.